The van der Waals surface area contributed by atoms with E-state index >= 15 is 0 Å². The summed E-state index contributed by atoms with van der Waals surface area (Å²) in [6.07, 6.45) is 3.65. The van der Waals surface area contributed by atoms with Crippen LogP contribution in [0.4, 0.5) is 0 Å². The SMILES string of the molecule is CCCCC(C)S(=O)(=O)CCC. The molecule has 0 amide bonds. The van der Waals surface area contributed by atoms with Gasteiger partial charge in [0.15, 0.2) is 9.84 Å². The molecule has 12 heavy (non-hydrogen) atoms. The van der Waals surface area contributed by atoms with E-state index in [0.29, 0.717) is 5.75 Å². The predicted octanol–water partition coefficient (Wildman–Crippen LogP) is 2.39. The predicted molar refractivity (Wildman–Crippen MR) is 53.1 cm³/mol. The van der Waals surface area contributed by atoms with Crippen molar-refractivity contribution >= 4 is 9.84 Å². The molecule has 0 aliphatic rings. The fourth-order valence-corrected chi connectivity index (χ4v) is 2.65. The fourth-order valence-electron chi connectivity index (χ4n) is 1.16. The molecule has 0 rings (SSSR count). The van der Waals surface area contributed by atoms with E-state index in [-0.39, 0.29) is 5.25 Å². The molecular formula is C9H20O2S. The molecule has 0 aliphatic heterocycles. The Labute approximate surface area is 76.3 Å². The largest absolute Gasteiger partial charge is 0.229 e. The number of hydrogen-bond donors (Lipinski definition) is 0. The van der Waals surface area contributed by atoms with Gasteiger partial charge in [-0.3, -0.25) is 0 Å². The monoisotopic (exact) mass is 192 g/mol. The summed E-state index contributed by atoms with van der Waals surface area (Å²) in [6.45, 7) is 5.81. The van der Waals surface area contributed by atoms with E-state index < -0.39 is 9.84 Å². The van der Waals surface area contributed by atoms with Crippen LogP contribution in [0.3, 0.4) is 0 Å². The average molecular weight is 192 g/mol. The lowest BCUT2D eigenvalue weighted by Crippen LogP contribution is -2.20. The average Bonchev–Trinajstić information content (AvgIpc) is 2.00. The van der Waals surface area contributed by atoms with Crippen molar-refractivity contribution in [3.63, 3.8) is 0 Å². The summed E-state index contributed by atoms with van der Waals surface area (Å²) in [5.41, 5.74) is 0. The fraction of sp³-hybridized carbons (Fsp3) is 1.00. The maximum absolute atomic E-state index is 11.4. The minimum absolute atomic E-state index is 0.141. The third-order valence-electron chi connectivity index (χ3n) is 2.07. The molecule has 0 aromatic carbocycles. The van der Waals surface area contributed by atoms with Crippen LogP contribution in [0.5, 0.6) is 0 Å². The summed E-state index contributed by atoms with van der Waals surface area (Å²) < 4.78 is 22.9. The van der Waals surface area contributed by atoms with Crippen molar-refractivity contribution in [3.05, 3.63) is 0 Å². The van der Waals surface area contributed by atoms with Crippen LogP contribution in [0.15, 0.2) is 0 Å². The summed E-state index contributed by atoms with van der Waals surface area (Å²) in [4.78, 5) is 0. The Morgan fingerprint density at radius 1 is 1.17 bits per heavy atom. The van der Waals surface area contributed by atoms with Gasteiger partial charge in [0.25, 0.3) is 0 Å². The zero-order valence-electron chi connectivity index (χ0n) is 8.34. The van der Waals surface area contributed by atoms with Crippen molar-refractivity contribution in [1.82, 2.24) is 0 Å². The molecule has 3 heteroatoms. The summed E-state index contributed by atoms with van der Waals surface area (Å²) in [7, 11) is -2.78. The Morgan fingerprint density at radius 3 is 2.17 bits per heavy atom. The second kappa shape index (κ2) is 5.57. The summed E-state index contributed by atoms with van der Waals surface area (Å²) in [5.74, 6) is 0.345. The van der Waals surface area contributed by atoms with Gasteiger partial charge in [-0.2, -0.15) is 0 Å². The van der Waals surface area contributed by atoms with Crippen LogP contribution >= 0.6 is 0 Å². The van der Waals surface area contributed by atoms with Gasteiger partial charge in [-0.25, -0.2) is 8.42 Å². The van der Waals surface area contributed by atoms with Crippen LogP contribution in [-0.2, 0) is 9.84 Å². The van der Waals surface area contributed by atoms with Gasteiger partial charge in [-0.15, -0.1) is 0 Å². The maximum Gasteiger partial charge on any atom is 0.152 e. The van der Waals surface area contributed by atoms with Gasteiger partial charge in [0.1, 0.15) is 0 Å². The standard InChI is InChI=1S/C9H20O2S/c1-4-6-7-9(3)12(10,11)8-5-2/h9H,4-8H2,1-3H3. The molecule has 0 aliphatic carbocycles. The van der Waals surface area contributed by atoms with Gasteiger partial charge >= 0.3 is 0 Å². The molecule has 0 bridgehead atoms. The lowest BCUT2D eigenvalue weighted by molar-refractivity contribution is 0.570. The quantitative estimate of drug-likeness (QED) is 0.647. The molecule has 1 atom stereocenters. The number of hydrogen-bond acceptors (Lipinski definition) is 2. The van der Waals surface area contributed by atoms with Gasteiger partial charge in [0, 0.05) is 0 Å². The van der Waals surface area contributed by atoms with Crippen LogP contribution in [0, 0.1) is 0 Å². The minimum Gasteiger partial charge on any atom is -0.229 e. The summed E-state index contributed by atoms with van der Waals surface area (Å²) in [5, 5.41) is -0.141. The lowest BCUT2D eigenvalue weighted by atomic mass is 10.2. The molecule has 74 valence electrons. The van der Waals surface area contributed by atoms with Crippen molar-refractivity contribution in [3.8, 4) is 0 Å². The zero-order chi connectivity index (χ0) is 9.61. The van der Waals surface area contributed by atoms with Gasteiger partial charge in [0.05, 0.1) is 11.0 Å². The lowest BCUT2D eigenvalue weighted by Gasteiger charge is -2.10. The van der Waals surface area contributed by atoms with E-state index in [0.717, 1.165) is 25.7 Å². The Morgan fingerprint density at radius 2 is 1.75 bits per heavy atom. The molecule has 0 aromatic heterocycles. The number of sulfone groups is 1. The molecule has 0 radical (unpaired) electrons. The number of unbranched alkanes of at least 4 members (excludes halogenated alkanes) is 1. The maximum atomic E-state index is 11.4. The van der Waals surface area contributed by atoms with Crippen LogP contribution in [0.2, 0.25) is 0 Å². The highest BCUT2D eigenvalue weighted by Gasteiger charge is 2.18. The third kappa shape index (κ3) is 4.10. The van der Waals surface area contributed by atoms with Crippen molar-refractivity contribution in [2.24, 2.45) is 0 Å². The first-order valence-corrected chi connectivity index (χ1v) is 6.47. The molecule has 0 saturated heterocycles. The summed E-state index contributed by atoms with van der Waals surface area (Å²) >= 11 is 0. The summed E-state index contributed by atoms with van der Waals surface area (Å²) in [6, 6.07) is 0. The van der Waals surface area contributed by atoms with Crippen LogP contribution in [0.25, 0.3) is 0 Å². The van der Waals surface area contributed by atoms with Crippen molar-refractivity contribution < 1.29 is 8.42 Å². The van der Waals surface area contributed by atoms with Crippen molar-refractivity contribution in [2.45, 2.75) is 51.7 Å². The van der Waals surface area contributed by atoms with Gasteiger partial charge in [-0.1, -0.05) is 26.7 Å². The Kier molecular flexibility index (Phi) is 5.55. The second-order valence-electron chi connectivity index (χ2n) is 3.32. The van der Waals surface area contributed by atoms with Gasteiger partial charge in [-0.05, 0) is 19.8 Å². The molecule has 0 spiro atoms. The molecule has 0 fully saturated rings. The number of rotatable bonds is 6. The van der Waals surface area contributed by atoms with E-state index in [9.17, 15) is 8.42 Å². The highest BCUT2D eigenvalue weighted by Crippen LogP contribution is 2.11. The first-order chi connectivity index (χ1) is 5.54. The second-order valence-corrected chi connectivity index (χ2v) is 5.86. The highest BCUT2D eigenvalue weighted by molar-refractivity contribution is 7.91. The van der Waals surface area contributed by atoms with Gasteiger partial charge in [0.2, 0.25) is 0 Å². The zero-order valence-corrected chi connectivity index (χ0v) is 9.15. The molecule has 0 aromatic rings. The molecule has 0 saturated carbocycles. The van der Waals surface area contributed by atoms with E-state index in [2.05, 4.69) is 6.92 Å². The molecule has 1 unspecified atom stereocenters. The topological polar surface area (TPSA) is 34.1 Å². The van der Waals surface area contributed by atoms with Crippen molar-refractivity contribution in [1.29, 1.82) is 0 Å². The molecular weight excluding hydrogens is 172 g/mol. The molecule has 0 heterocycles. The Balaban J connectivity index is 3.98. The van der Waals surface area contributed by atoms with E-state index in [4.69, 9.17) is 0 Å². The third-order valence-corrected chi connectivity index (χ3v) is 4.50. The van der Waals surface area contributed by atoms with E-state index in [1.165, 1.54) is 0 Å². The van der Waals surface area contributed by atoms with Gasteiger partial charge < -0.3 is 0 Å². The molecule has 2 nitrogen and oxygen atoms in total. The van der Waals surface area contributed by atoms with Crippen molar-refractivity contribution in [2.75, 3.05) is 5.75 Å². The smallest absolute Gasteiger partial charge is 0.152 e. The van der Waals surface area contributed by atoms with Crippen LogP contribution < -0.4 is 0 Å². The first kappa shape index (κ1) is 11.9. The first-order valence-electron chi connectivity index (χ1n) is 4.76. The Bertz CT molecular complexity index is 195. The minimum atomic E-state index is -2.78. The normalized spacial score (nSPS) is 14.6. The van der Waals surface area contributed by atoms with E-state index in [1.54, 1.807) is 0 Å². The van der Waals surface area contributed by atoms with Crippen LogP contribution in [0.1, 0.15) is 46.5 Å². The Hall–Kier alpha value is -0.0500. The highest BCUT2D eigenvalue weighted by atomic mass is 32.2. The van der Waals surface area contributed by atoms with E-state index in [1.807, 2.05) is 13.8 Å². The molecule has 0 N–H and O–H groups in total. The van der Waals surface area contributed by atoms with Crippen LogP contribution in [-0.4, -0.2) is 19.4 Å².